The zero-order valence-corrected chi connectivity index (χ0v) is 17.6. The monoisotopic (exact) mass is 438 g/mol. The van der Waals surface area contributed by atoms with Crippen LogP contribution in [0.1, 0.15) is 41.9 Å². The van der Waals surface area contributed by atoms with Crippen LogP contribution in [-0.2, 0) is 4.74 Å². The number of hydrogen-bond acceptors (Lipinski definition) is 6. The Hall–Kier alpha value is -3.75. The van der Waals surface area contributed by atoms with Crippen molar-refractivity contribution in [2.75, 3.05) is 25.0 Å². The first-order chi connectivity index (χ1) is 15.5. The zero-order chi connectivity index (χ0) is 22.5. The van der Waals surface area contributed by atoms with Crippen molar-refractivity contribution < 1.29 is 23.2 Å². The number of urea groups is 1. The molecule has 9 heteroatoms. The third-order valence-corrected chi connectivity index (χ3v) is 5.25. The topological polar surface area (TPSA) is 97.6 Å². The van der Waals surface area contributed by atoms with Gasteiger partial charge in [-0.15, -0.1) is 0 Å². The number of ether oxygens (including phenoxy) is 1. The molecule has 3 aromatic rings. The van der Waals surface area contributed by atoms with E-state index in [9.17, 15) is 14.0 Å². The minimum absolute atomic E-state index is 0.0811. The van der Waals surface area contributed by atoms with Crippen molar-refractivity contribution in [1.29, 1.82) is 0 Å². The second-order valence-corrected chi connectivity index (χ2v) is 7.48. The number of esters is 1. The number of hydrogen-bond donors (Lipinski definition) is 1. The average Bonchev–Trinajstić information content (AvgIpc) is 3.31. The van der Waals surface area contributed by atoms with Gasteiger partial charge in [-0.1, -0.05) is 5.16 Å². The number of aromatic nitrogens is 2. The van der Waals surface area contributed by atoms with E-state index >= 15 is 0 Å². The largest absolute Gasteiger partial charge is 0.462 e. The molecule has 0 spiro atoms. The molecule has 1 atom stereocenters. The summed E-state index contributed by atoms with van der Waals surface area (Å²) < 4.78 is 23.5. The van der Waals surface area contributed by atoms with Gasteiger partial charge in [0, 0.05) is 24.3 Å². The number of carbonyl (C=O) groups is 2. The lowest BCUT2D eigenvalue weighted by Crippen LogP contribution is -2.41. The Morgan fingerprint density at radius 1 is 1.19 bits per heavy atom. The van der Waals surface area contributed by atoms with Crippen molar-refractivity contribution in [2.24, 2.45) is 0 Å². The molecule has 1 unspecified atom stereocenters. The summed E-state index contributed by atoms with van der Waals surface area (Å²) in [5, 5.41) is 6.85. The van der Waals surface area contributed by atoms with Crippen LogP contribution >= 0.6 is 0 Å². The number of amides is 2. The smallest absolute Gasteiger partial charge is 0.338 e. The molecule has 1 aromatic heterocycles. The number of rotatable bonds is 5. The normalized spacial score (nSPS) is 15.9. The number of carbonyl (C=O) groups excluding carboxylic acids is 2. The van der Waals surface area contributed by atoms with Crippen LogP contribution < -0.4 is 5.32 Å². The highest BCUT2D eigenvalue weighted by Gasteiger charge is 2.29. The average molecular weight is 438 g/mol. The predicted octanol–water partition coefficient (Wildman–Crippen LogP) is 4.46. The van der Waals surface area contributed by atoms with Crippen molar-refractivity contribution in [3.63, 3.8) is 0 Å². The molecule has 0 aliphatic carbocycles. The minimum atomic E-state index is -0.399. The summed E-state index contributed by atoms with van der Waals surface area (Å²) >= 11 is 0. The van der Waals surface area contributed by atoms with E-state index < -0.39 is 5.97 Å². The predicted molar refractivity (Wildman–Crippen MR) is 115 cm³/mol. The van der Waals surface area contributed by atoms with Gasteiger partial charge < -0.3 is 19.5 Å². The van der Waals surface area contributed by atoms with E-state index in [1.165, 1.54) is 12.1 Å². The molecule has 2 heterocycles. The zero-order valence-electron chi connectivity index (χ0n) is 17.6. The number of halogens is 1. The first-order valence-corrected chi connectivity index (χ1v) is 10.5. The molecule has 8 nitrogen and oxygen atoms in total. The Labute approximate surface area is 184 Å². The summed E-state index contributed by atoms with van der Waals surface area (Å²) in [7, 11) is 0. The third kappa shape index (κ3) is 4.93. The molecule has 32 heavy (non-hydrogen) atoms. The Kier molecular flexibility index (Phi) is 6.44. The first kappa shape index (κ1) is 21.5. The highest BCUT2D eigenvalue weighted by molar-refractivity contribution is 5.92. The lowest BCUT2D eigenvalue weighted by atomic mass is 9.98. The van der Waals surface area contributed by atoms with Gasteiger partial charge in [0.2, 0.25) is 11.7 Å². The summed E-state index contributed by atoms with van der Waals surface area (Å²) in [4.78, 5) is 30.6. The summed E-state index contributed by atoms with van der Waals surface area (Å²) in [6.45, 7) is 3.11. The Morgan fingerprint density at radius 3 is 2.66 bits per heavy atom. The SMILES string of the molecule is CCOC(=O)c1ccc(NC(=O)N2CCCC(c3nc(-c4ccc(F)cc4)no3)C2)cc1. The minimum Gasteiger partial charge on any atom is -0.462 e. The van der Waals surface area contributed by atoms with Crippen molar-refractivity contribution >= 4 is 17.7 Å². The fourth-order valence-electron chi connectivity index (χ4n) is 3.59. The Bertz CT molecular complexity index is 1080. The second kappa shape index (κ2) is 9.59. The molecule has 0 radical (unpaired) electrons. The maximum atomic E-state index is 13.1. The van der Waals surface area contributed by atoms with Crippen molar-refractivity contribution in [1.82, 2.24) is 15.0 Å². The van der Waals surface area contributed by atoms with Crippen LogP contribution in [0.2, 0.25) is 0 Å². The highest BCUT2D eigenvalue weighted by Crippen LogP contribution is 2.28. The van der Waals surface area contributed by atoms with Gasteiger partial charge in [-0.25, -0.2) is 14.0 Å². The van der Waals surface area contributed by atoms with Gasteiger partial charge in [-0.2, -0.15) is 4.98 Å². The van der Waals surface area contributed by atoms with Crippen LogP contribution in [0.3, 0.4) is 0 Å². The standard InChI is InChI=1S/C23H23FN4O4/c1-2-31-22(29)16-7-11-19(12-8-16)25-23(30)28-13-3-4-17(14-28)21-26-20(27-32-21)15-5-9-18(24)10-6-15/h5-12,17H,2-4,13-14H2,1H3,(H,25,30). The van der Waals surface area contributed by atoms with Gasteiger partial charge in [-0.05, 0) is 68.3 Å². The Morgan fingerprint density at radius 2 is 1.94 bits per heavy atom. The molecular formula is C23H23FN4O4. The fourth-order valence-corrected chi connectivity index (χ4v) is 3.59. The van der Waals surface area contributed by atoms with Crippen LogP contribution in [0.5, 0.6) is 0 Å². The first-order valence-electron chi connectivity index (χ1n) is 10.5. The molecule has 1 aliphatic heterocycles. The number of likely N-dealkylation sites (tertiary alicyclic amines) is 1. The molecule has 1 fully saturated rings. The van der Waals surface area contributed by atoms with Gasteiger partial charge in [0.25, 0.3) is 0 Å². The number of nitrogens with one attached hydrogen (secondary N) is 1. The van der Waals surface area contributed by atoms with E-state index in [4.69, 9.17) is 9.26 Å². The van der Waals surface area contributed by atoms with Crippen molar-refractivity contribution in [3.8, 4) is 11.4 Å². The van der Waals surface area contributed by atoms with Crippen LogP contribution in [0.25, 0.3) is 11.4 Å². The van der Waals surface area contributed by atoms with Gasteiger partial charge >= 0.3 is 12.0 Å². The van der Waals surface area contributed by atoms with Crippen molar-refractivity contribution in [3.05, 3.63) is 65.8 Å². The lowest BCUT2D eigenvalue weighted by Gasteiger charge is -2.31. The lowest BCUT2D eigenvalue weighted by molar-refractivity contribution is 0.0526. The van der Waals surface area contributed by atoms with Gasteiger partial charge in [0.15, 0.2) is 0 Å². The van der Waals surface area contributed by atoms with E-state index in [1.807, 2.05) is 0 Å². The Balaban J connectivity index is 1.38. The molecule has 1 aliphatic rings. The van der Waals surface area contributed by atoms with Crippen LogP contribution in [0.4, 0.5) is 14.9 Å². The van der Waals surface area contributed by atoms with E-state index in [1.54, 1.807) is 48.2 Å². The van der Waals surface area contributed by atoms with E-state index in [0.29, 0.717) is 48.2 Å². The molecule has 166 valence electrons. The van der Waals surface area contributed by atoms with Crippen LogP contribution in [0.15, 0.2) is 53.1 Å². The van der Waals surface area contributed by atoms with Gasteiger partial charge in [0.05, 0.1) is 18.1 Å². The second-order valence-electron chi connectivity index (χ2n) is 7.48. The van der Waals surface area contributed by atoms with Crippen LogP contribution in [0, 0.1) is 5.82 Å². The molecule has 2 amide bonds. The molecule has 0 bridgehead atoms. The molecular weight excluding hydrogens is 415 g/mol. The maximum absolute atomic E-state index is 13.1. The van der Waals surface area contributed by atoms with E-state index in [-0.39, 0.29) is 17.8 Å². The number of nitrogens with zero attached hydrogens (tertiary/aromatic N) is 3. The van der Waals surface area contributed by atoms with Crippen LogP contribution in [-0.4, -0.2) is 46.7 Å². The quantitative estimate of drug-likeness (QED) is 0.591. The van der Waals surface area contributed by atoms with Gasteiger partial charge in [-0.3, -0.25) is 0 Å². The number of benzene rings is 2. The number of piperidine rings is 1. The number of anilines is 1. The molecule has 0 saturated carbocycles. The van der Waals surface area contributed by atoms with E-state index in [2.05, 4.69) is 15.5 Å². The third-order valence-electron chi connectivity index (χ3n) is 5.25. The highest BCUT2D eigenvalue weighted by atomic mass is 19.1. The summed E-state index contributed by atoms with van der Waals surface area (Å²) in [5.41, 5.74) is 1.68. The summed E-state index contributed by atoms with van der Waals surface area (Å²) in [6, 6.07) is 12.2. The fraction of sp³-hybridized carbons (Fsp3) is 0.304. The molecule has 1 saturated heterocycles. The van der Waals surface area contributed by atoms with E-state index in [0.717, 1.165) is 12.8 Å². The summed E-state index contributed by atoms with van der Waals surface area (Å²) in [6.07, 6.45) is 1.62. The van der Waals surface area contributed by atoms with Gasteiger partial charge in [0.1, 0.15) is 5.82 Å². The molecule has 1 N–H and O–H groups in total. The van der Waals surface area contributed by atoms with Crippen molar-refractivity contribution in [2.45, 2.75) is 25.7 Å². The molecule has 4 rings (SSSR count). The maximum Gasteiger partial charge on any atom is 0.338 e. The molecule has 2 aromatic carbocycles. The summed E-state index contributed by atoms with van der Waals surface area (Å²) in [5.74, 6) is 0.0389.